The van der Waals surface area contributed by atoms with E-state index in [-0.39, 0.29) is 18.4 Å². The van der Waals surface area contributed by atoms with Crippen LogP contribution in [0, 0.1) is 0 Å². The van der Waals surface area contributed by atoms with E-state index in [9.17, 15) is 9.59 Å². The number of aryl methyl sites for hydroxylation is 1. The molecule has 0 saturated heterocycles. The van der Waals surface area contributed by atoms with Crippen molar-refractivity contribution in [2.75, 3.05) is 7.11 Å². The molecule has 1 aliphatic carbocycles. The Morgan fingerprint density at radius 1 is 1.12 bits per heavy atom. The van der Waals surface area contributed by atoms with Crippen molar-refractivity contribution < 1.29 is 23.5 Å². The monoisotopic (exact) mass is 451 g/mol. The number of methoxy groups -OCH3 is 1. The predicted molar refractivity (Wildman–Crippen MR) is 127 cm³/mol. The van der Waals surface area contributed by atoms with Gasteiger partial charge in [0.1, 0.15) is 5.60 Å². The van der Waals surface area contributed by atoms with Crippen molar-refractivity contribution in [1.29, 1.82) is 0 Å². The van der Waals surface area contributed by atoms with Crippen LogP contribution in [0.5, 0.6) is 0 Å². The van der Waals surface area contributed by atoms with Crippen LogP contribution in [0.3, 0.4) is 0 Å². The zero-order valence-electron chi connectivity index (χ0n) is 20.0. The number of aromatic nitrogens is 1. The minimum absolute atomic E-state index is 0.235. The maximum atomic E-state index is 12.6. The molecule has 2 aromatic heterocycles. The summed E-state index contributed by atoms with van der Waals surface area (Å²) in [7, 11) is 1.39. The van der Waals surface area contributed by atoms with Crippen LogP contribution in [0.2, 0.25) is 0 Å². The Morgan fingerprint density at radius 2 is 1.88 bits per heavy atom. The second kappa shape index (κ2) is 9.46. The quantitative estimate of drug-likeness (QED) is 0.402. The van der Waals surface area contributed by atoms with Crippen LogP contribution in [-0.4, -0.2) is 29.2 Å². The molecule has 33 heavy (non-hydrogen) atoms. The van der Waals surface area contributed by atoms with Crippen LogP contribution in [0.25, 0.3) is 22.2 Å². The summed E-state index contributed by atoms with van der Waals surface area (Å²) in [6, 6.07) is 7.70. The summed E-state index contributed by atoms with van der Waals surface area (Å²) < 4.78 is 18.1. The van der Waals surface area contributed by atoms with E-state index in [1.807, 2.05) is 45.0 Å². The second-order valence-electron chi connectivity index (χ2n) is 9.82. The highest BCUT2D eigenvalue weighted by molar-refractivity contribution is 5.98. The van der Waals surface area contributed by atoms with Crippen molar-refractivity contribution in [1.82, 2.24) is 4.57 Å². The van der Waals surface area contributed by atoms with Gasteiger partial charge < -0.3 is 18.5 Å². The number of furan rings is 1. The minimum atomic E-state index is -0.533. The Bertz CT molecular complexity index is 1130. The molecule has 1 fully saturated rings. The van der Waals surface area contributed by atoms with Crippen LogP contribution < -0.4 is 0 Å². The van der Waals surface area contributed by atoms with E-state index < -0.39 is 5.60 Å². The highest BCUT2D eigenvalue weighted by Gasteiger charge is 2.28. The summed E-state index contributed by atoms with van der Waals surface area (Å²) in [5, 5.41) is 1.12. The molecule has 1 aliphatic rings. The number of rotatable bonds is 6. The average Bonchev–Trinajstić information content (AvgIpc) is 3.42. The molecular weight excluding hydrogens is 418 g/mol. The van der Waals surface area contributed by atoms with Gasteiger partial charge in [0, 0.05) is 23.0 Å². The van der Waals surface area contributed by atoms with Gasteiger partial charge in [-0.15, -0.1) is 0 Å². The van der Waals surface area contributed by atoms with Gasteiger partial charge >= 0.3 is 11.9 Å². The van der Waals surface area contributed by atoms with Crippen LogP contribution in [0.4, 0.5) is 0 Å². The highest BCUT2D eigenvalue weighted by atomic mass is 16.6. The van der Waals surface area contributed by atoms with Gasteiger partial charge in [-0.1, -0.05) is 25.3 Å². The molecule has 0 radical (unpaired) electrons. The molecule has 3 aromatic rings. The molecule has 0 N–H and O–H groups in total. The molecule has 0 aliphatic heterocycles. The summed E-state index contributed by atoms with van der Waals surface area (Å²) in [4.78, 5) is 24.9. The van der Waals surface area contributed by atoms with Gasteiger partial charge in [-0.3, -0.25) is 4.79 Å². The Hall–Kier alpha value is -3.02. The lowest BCUT2D eigenvalue weighted by atomic mass is 9.82. The number of hydrogen-bond acceptors (Lipinski definition) is 5. The standard InChI is InChI=1S/C27H33NO5/c1-27(2,3)33-23(29)12-14-28-22-16-19(26(30)31-4)10-11-21(22)24(18-8-6-5-7-9-18)25(28)20-13-15-32-17-20/h10-11,13,15-18H,5-9,12,14H2,1-4H3. The SMILES string of the molecule is COC(=O)c1ccc2c(C3CCCCC3)c(-c3ccoc3)n(CCC(=O)OC(C)(C)C)c2c1. The third-order valence-electron chi connectivity index (χ3n) is 6.29. The molecule has 2 heterocycles. The van der Waals surface area contributed by atoms with Gasteiger partial charge in [0.2, 0.25) is 0 Å². The number of esters is 2. The number of fused-ring (bicyclic) bond motifs is 1. The van der Waals surface area contributed by atoms with Crippen molar-refractivity contribution >= 4 is 22.8 Å². The summed E-state index contributed by atoms with van der Waals surface area (Å²) in [5.74, 6) is -0.190. The van der Waals surface area contributed by atoms with E-state index in [0.717, 1.165) is 35.0 Å². The number of carbonyl (C=O) groups excluding carboxylic acids is 2. The van der Waals surface area contributed by atoms with E-state index in [2.05, 4.69) is 4.57 Å². The first-order chi connectivity index (χ1) is 15.8. The smallest absolute Gasteiger partial charge is 0.337 e. The maximum absolute atomic E-state index is 12.6. The highest BCUT2D eigenvalue weighted by Crippen LogP contribution is 2.44. The lowest BCUT2D eigenvalue weighted by Crippen LogP contribution is -2.24. The van der Waals surface area contributed by atoms with Gasteiger partial charge in [0.05, 0.1) is 37.3 Å². The minimum Gasteiger partial charge on any atom is -0.472 e. The van der Waals surface area contributed by atoms with Gasteiger partial charge in [-0.25, -0.2) is 4.79 Å². The molecule has 1 saturated carbocycles. The fraction of sp³-hybridized carbons (Fsp3) is 0.481. The van der Waals surface area contributed by atoms with E-state index in [1.165, 1.54) is 31.9 Å². The molecular formula is C27H33NO5. The Kier molecular flexibility index (Phi) is 6.63. The van der Waals surface area contributed by atoms with E-state index in [4.69, 9.17) is 13.9 Å². The fourth-order valence-electron chi connectivity index (χ4n) is 4.96. The van der Waals surface area contributed by atoms with E-state index >= 15 is 0 Å². The third-order valence-corrected chi connectivity index (χ3v) is 6.29. The predicted octanol–water partition coefficient (Wildman–Crippen LogP) is 6.47. The molecule has 0 amide bonds. The Labute approximate surface area is 194 Å². The van der Waals surface area contributed by atoms with Crippen molar-refractivity contribution in [2.24, 2.45) is 0 Å². The number of nitrogens with zero attached hydrogens (tertiary/aromatic N) is 1. The Morgan fingerprint density at radius 3 is 2.52 bits per heavy atom. The number of carbonyl (C=O) groups is 2. The van der Waals surface area contributed by atoms with Crippen LogP contribution in [-0.2, 0) is 20.8 Å². The topological polar surface area (TPSA) is 70.7 Å². The summed E-state index contributed by atoms with van der Waals surface area (Å²) in [6.07, 6.45) is 9.62. The van der Waals surface area contributed by atoms with Crippen molar-refractivity contribution in [3.63, 3.8) is 0 Å². The fourth-order valence-corrected chi connectivity index (χ4v) is 4.96. The lowest BCUT2D eigenvalue weighted by Gasteiger charge is -2.23. The van der Waals surface area contributed by atoms with Gasteiger partial charge in [0.15, 0.2) is 0 Å². The van der Waals surface area contributed by atoms with Crippen LogP contribution in [0.15, 0.2) is 41.2 Å². The molecule has 176 valence electrons. The first-order valence-corrected chi connectivity index (χ1v) is 11.8. The van der Waals surface area contributed by atoms with Crippen LogP contribution in [0.1, 0.15) is 81.1 Å². The first-order valence-electron chi connectivity index (χ1n) is 11.8. The summed E-state index contributed by atoms with van der Waals surface area (Å²) >= 11 is 0. The normalized spacial score (nSPS) is 15.0. The average molecular weight is 452 g/mol. The van der Waals surface area contributed by atoms with Gasteiger partial charge in [-0.2, -0.15) is 0 Å². The number of benzene rings is 1. The third kappa shape index (κ3) is 5.00. The van der Waals surface area contributed by atoms with Crippen LogP contribution >= 0.6 is 0 Å². The molecule has 6 nitrogen and oxygen atoms in total. The van der Waals surface area contributed by atoms with Gasteiger partial charge in [0.25, 0.3) is 0 Å². The van der Waals surface area contributed by atoms with Crippen molar-refractivity contribution in [3.8, 4) is 11.3 Å². The second-order valence-corrected chi connectivity index (χ2v) is 9.82. The number of hydrogen-bond donors (Lipinski definition) is 0. The molecule has 0 atom stereocenters. The van der Waals surface area contributed by atoms with E-state index in [0.29, 0.717) is 18.0 Å². The molecule has 6 heteroatoms. The lowest BCUT2D eigenvalue weighted by molar-refractivity contribution is -0.155. The molecule has 0 unspecified atom stereocenters. The molecule has 4 rings (SSSR count). The first kappa shape index (κ1) is 23.1. The molecule has 0 bridgehead atoms. The number of ether oxygens (including phenoxy) is 2. The van der Waals surface area contributed by atoms with Crippen molar-refractivity contribution in [2.45, 2.75) is 77.4 Å². The summed E-state index contributed by atoms with van der Waals surface area (Å²) in [5.41, 5.74) is 4.22. The molecule has 0 spiro atoms. The maximum Gasteiger partial charge on any atom is 0.337 e. The largest absolute Gasteiger partial charge is 0.472 e. The van der Waals surface area contributed by atoms with Crippen molar-refractivity contribution in [3.05, 3.63) is 47.9 Å². The van der Waals surface area contributed by atoms with E-state index in [1.54, 1.807) is 12.5 Å². The summed E-state index contributed by atoms with van der Waals surface area (Å²) in [6.45, 7) is 6.06. The Balaban J connectivity index is 1.87. The zero-order valence-corrected chi connectivity index (χ0v) is 20.0. The zero-order chi connectivity index (χ0) is 23.6. The van der Waals surface area contributed by atoms with Gasteiger partial charge in [-0.05, 0) is 63.3 Å². The molecule has 1 aromatic carbocycles.